The molecule has 2 aliphatic rings. The first-order valence-electron chi connectivity index (χ1n) is 7.11. The number of para-hydroxylation sites is 2. The zero-order chi connectivity index (χ0) is 13.9. The summed E-state index contributed by atoms with van der Waals surface area (Å²) in [5.74, 6) is 1.35. The molecule has 5 nitrogen and oxygen atoms in total. The largest absolute Gasteiger partial charge is 0.485 e. The highest BCUT2D eigenvalue weighted by atomic mass is 35.5. The van der Waals surface area contributed by atoms with Crippen LogP contribution in [0.3, 0.4) is 0 Å². The summed E-state index contributed by atoms with van der Waals surface area (Å²) < 4.78 is 11.4. The number of carbonyl (C=O) groups is 1. The third-order valence-electron chi connectivity index (χ3n) is 3.95. The van der Waals surface area contributed by atoms with E-state index in [1.807, 2.05) is 31.3 Å². The molecule has 0 bridgehead atoms. The minimum absolute atomic E-state index is 0. The van der Waals surface area contributed by atoms with E-state index in [1.54, 1.807) is 4.90 Å². The Hall–Kier alpha value is -1.46. The Kier molecular flexibility index (Phi) is 5.31. The molecule has 1 saturated heterocycles. The highest BCUT2D eigenvalue weighted by molar-refractivity contribution is 5.85. The summed E-state index contributed by atoms with van der Waals surface area (Å²) in [6, 6.07) is 7.70. The van der Waals surface area contributed by atoms with Crippen LogP contribution in [-0.4, -0.2) is 49.7 Å². The summed E-state index contributed by atoms with van der Waals surface area (Å²) in [7, 11) is 1.85. The normalized spacial score (nSPS) is 23.9. The highest BCUT2D eigenvalue weighted by Gasteiger charge is 2.32. The quantitative estimate of drug-likeness (QED) is 0.898. The number of ether oxygens (including phenoxy) is 2. The fourth-order valence-electron chi connectivity index (χ4n) is 2.71. The molecular formula is C15H21ClN2O3. The third-order valence-corrected chi connectivity index (χ3v) is 3.95. The summed E-state index contributed by atoms with van der Waals surface area (Å²) in [5.41, 5.74) is 0. The van der Waals surface area contributed by atoms with E-state index in [1.165, 1.54) is 0 Å². The molecule has 6 heteroatoms. The second-order valence-electron chi connectivity index (χ2n) is 5.31. The molecule has 3 rings (SSSR count). The van der Waals surface area contributed by atoms with Crippen molar-refractivity contribution in [1.29, 1.82) is 0 Å². The van der Waals surface area contributed by atoms with Crippen LogP contribution in [0.25, 0.3) is 0 Å². The summed E-state index contributed by atoms with van der Waals surface area (Å²) >= 11 is 0. The van der Waals surface area contributed by atoms with Gasteiger partial charge in [0, 0.05) is 19.6 Å². The molecule has 2 heterocycles. The van der Waals surface area contributed by atoms with Gasteiger partial charge in [0.2, 0.25) is 6.10 Å². The molecule has 0 spiro atoms. The molecule has 1 fully saturated rings. The Morgan fingerprint density at radius 1 is 1.33 bits per heavy atom. The SMILES string of the molecule is CN(C(=O)C1COc2ccccc2O1)C1CCCNC1.Cl. The Morgan fingerprint density at radius 3 is 2.81 bits per heavy atom. The fourth-order valence-corrected chi connectivity index (χ4v) is 2.71. The molecule has 0 saturated carbocycles. The maximum Gasteiger partial charge on any atom is 0.267 e. The summed E-state index contributed by atoms with van der Waals surface area (Å²) in [5, 5.41) is 3.32. The van der Waals surface area contributed by atoms with Crippen LogP contribution in [0.5, 0.6) is 11.5 Å². The highest BCUT2D eigenvalue weighted by Crippen LogP contribution is 2.31. The molecule has 0 radical (unpaired) electrons. The maximum atomic E-state index is 12.5. The second kappa shape index (κ2) is 7.00. The van der Waals surface area contributed by atoms with Gasteiger partial charge < -0.3 is 19.7 Å². The molecule has 1 N–H and O–H groups in total. The van der Waals surface area contributed by atoms with Gasteiger partial charge in [-0.3, -0.25) is 4.79 Å². The Labute approximate surface area is 131 Å². The Bertz CT molecular complexity index is 492. The molecule has 0 aliphatic carbocycles. The van der Waals surface area contributed by atoms with Gasteiger partial charge in [0.1, 0.15) is 6.61 Å². The lowest BCUT2D eigenvalue weighted by Gasteiger charge is -2.35. The van der Waals surface area contributed by atoms with Gasteiger partial charge in [0.05, 0.1) is 0 Å². The zero-order valence-electron chi connectivity index (χ0n) is 12.1. The predicted molar refractivity (Wildman–Crippen MR) is 82.3 cm³/mol. The molecule has 2 atom stereocenters. The number of carbonyl (C=O) groups excluding carboxylic acids is 1. The monoisotopic (exact) mass is 312 g/mol. The zero-order valence-corrected chi connectivity index (χ0v) is 12.9. The molecule has 116 valence electrons. The number of nitrogens with one attached hydrogen (secondary N) is 1. The van der Waals surface area contributed by atoms with Crippen LogP contribution in [0.4, 0.5) is 0 Å². The number of fused-ring (bicyclic) bond motifs is 1. The van der Waals surface area contributed by atoms with Crippen molar-refractivity contribution in [2.75, 3.05) is 26.7 Å². The van der Waals surface area contributed by atoms with Crippen molar-refractivity contribution in [1.82, 2.24) is 10.2 Å². The number of amides is 1. The van der Waals surface area contributed by atoms with E-state index in [4.69, 9.17) is 9.47 Å². The van der Waals surface area contributed by atoms with Crippen molar-refractivity contribution in [3.63, 3.8) is 0 Å². The lowest BCUT2D eigenvalue weighted by atomic mass is 10.1. The van der Waals surface area contributed by atoms with Crippen LogP contribution in [0.2, 0.25) is 0 Å². The van der Waals surface area contributed by atoms with Crippen molar-refractivity contribution in [2.45, 2.75) is 25.0 Å². The van der Waals surface area contributed by atoms with E-state index in [2.05, 4.69) is 5.32 Å². The number of piperidine rings is 1. The van der Waals surface area contributed by atoms with Crippen molar-refractivity contribution < 1.29 is 14.3 Å². The smallest absolute Gasteiger partial charge is 0.267 e. The number of hydrogen-bond donors (Lipinski definition) is 1. The standard InChI is InChI=1S/C15H20N2O3.ClH/c1-17(11-5-4-8-16-9-11)15(18)14-10-19-12-6-2-3-7-13(12)20-14;/h2-3,6-7,11,14,16H,4-5,8-10H2,1H3;1H. The van der Waals surface area contributed by atoms with Crippen molar-refractivity contribution in [3.8, 4) is 11.5 Å². The topological polar surface area (TPSA) is 50.8 Å². The molecule has 1 aromatic rings. The van der Waals surface area contributed by atoms with Gasteiger partial charge in [-0.2, -0.15) is 0 Å². The van der Waals surface area contributed by atoms with Crippen LogP contribution in [0, 0.1) is 0 Å². The van der Waals surface area contributed by atoms with Gasteiger partial charge in [-0.15, -0.1) is 12.4 Å². The second-order valence-corrected chi connectivity index (χ2v) is 5.31. The molecule has 1 aromatic carbocycles. The van der Waals surface area contributed by atoms with Crippen LogP contribution >= 0.6 is 12.4 Å². The van der Waals surface area contributed by atoms with Crippen LogP contribution in [0.15, 0.2) is 24.3 Å². The average molecular weight is 313 g/mol. The predicted octanol–water partition coefficient (Wildman–Crippen LogP) is 1.46. The van der Waals surface area contributed by atoms with E-state index < -0.39 is 6.10 Å². The summed E-state index contributed by atoms with van der Waals surface area (Å²) in [4.78, 5) is 14.3. The minimum Gasteiger partial charge on any atom is -0.485 e. The molecule has 21 heavy (non-hydrogen) atoms. The van der Waals surface area contributed by atoms with E-state index in [0.29, 0.717) is 11.5 Å². The van der Waals surface area contributed by atoms with Gasteiger partial charge in [-0.25, -0.2) is 0 Å². The van der Waals surface area contributed by atoms with E-state index in [0.717, 1.165) is 25.9 Å². The molecule has 2 aliphatic heterocycles. The fraction of sp³-hybridized carbons (Fsp3) is 0.533. The first kappa shape index (κ1) is 15.9. The average Bonchev–Trinajstić information content (AvgIpc) is 2.54. The van der Waals surface area contributed by atoms with Gasteiger partial charge >= 0.3 is 0 Å². The number of rotatable bonds is 2. The molecule has 2 unspecified atom stereocenters. The van der Waals surface area contributed by atoms with Crippen molar-refractivity contribution >= 4 is 18.3 Å². The summed E-state index contributed by atoms with van der Waals surface area (Å²) in [6.07, 6.45) is 1.60. The van der Waals surface area contributed by atoms with E-state index in [-0.39, 0.29) is 31.0 Å². The van der Waals surface area contributed by atoms with E-state index in [9.17, 15) is 4.79 Å². The number of benzene rings is 1. The van der Waals surface area contributed by atoms with Crippen LogP contribution in [0.1, 0.15) is 12.8 Å². The van der Waals surface area contributed by atoms with Crippen LogP contribution in [-0.2, 0) is 4.79 Å². The van der Waals surface area contributed by atoms with Gasteiger partial charge in [0.25, 0.3) is 5.91 Å². The number of halogens is 1. The lowest BCUT2D eigenvalue weighted by molar-refractivity contribution is -0.142. The summed E-state index contributed by atoms with van der Waals surface area (Å²) in [6.45, 7) is 2.17. The minimum atomic E-state index is -0.545. The first-order valence-corrected chi connectivity index (χ1v) is 7.11. The Morgan fingerprint density at radius 2 is 2.10 bits per heavy atom. The van der Waals surface area contributed by atoms with E-state index >= 15 is 0 Å². The molecule has 0 aromatic heterocycles. The lowest BCUT2D eigenvalue weighted by Crippen LogP contribution is -2.52. The molecular weight excluding hydrogens is 292 g/mol. The maximum absolute atomic E-state index is 12.5. The third kappa shape index (κ3) is 3.41. The van der Waals surface area contributed by atoms with Gasteiger partial charge in [-0.1, -0.05) is 12.1 Å². The van der Waals surface area contributed by atoms with Gasteiger partial charge in [0.15, 0.2) is 11.5 Å². The Balaban J connectivity index is 0.00000161. The van der Waals surface area contributed by atoms with Crippen LogP contribution < -0.4 is 14.8 Å². The van der Waals surface area contributed by atoms with Crippen molar-refractivity contribution in [3.05, 3.63) is 24.3 Å². The van der Waals surface area contributed by atoms with Crippen molar-refractivity contribution in [2.24, 2.45) is 0 Å². The molecule has 1 amide bonds. The first-order chi connectivity index (χ1) is 9.75. The van der Waals surface area contributed by atoms with Gasteiger partial charge in [-0.05, 0) is 31.5 Å². The number of likely N-dealkylation sites (N-methyl/N-ethyl adjacent to an activating group) is 1. The number of nitrogens with zero attached hydrogens (tertiary/aromatic N) is 1. The number of hydrogen-bond acceptors (Lipinski definition) is 4.